The molecule has 0 saturated heterocycles. The number of carbonyl (C=O) groups is 1. The van der Waals surface area contributed by atoms with Gasteiger partial charge >= 0.3 is 6.18 Å². The summed E-state index contributed by atoms with van der Waals surface area (Å²) in [6.45, 7) is 0. The lowest BCUT2D eigenvalue weighted by atomic mass is 10.1. The monoisotopic (exact) mass is 476 g/mol. The molecule has 33 heavy (non-hydrogen) atoms. The number of aromatic nitrogens is 3. The lowest BCUT2D eigenvalue weighted by molar-refractivity contribution is -0.137. The van der Waals surface area contributed by atoms with Crippen molar-refractivity contribution in [2.75, 3.05) is 5.32 Å². The summed E-state index contributed by atoms with van der Waals surface area (Å²) in [5, 5.41) is 2.21. The van der Waals surface area contributed by atoms with Crippen molar-refractivity contribution in [2.24, 2.45) is 0 Å². The Balaban J connectivity index is 1.74. The summed E-state index contributed by atoms with van der Waals surface area (Å²) in [6.07, 6.45) is -4.23. The van der Waals surface area contributed by atoms with E-state index in [1.54, 1.807) is 0 Å². The van der Waals surface area contributed by atoms with E-state index in [1.165, 1.54) is 42.5 Å². The summed E-state index contributed by atoms with van der Waals surface area (Å²) in [5.74, 6) is -1.56. The number of fused-ring (bicyclic) bond motifs is 1. The lowest BCUT2D eigenvalue weighted by Crippen LogP contribution is -2.23. The van der Waals surface area contributed by atoms with Crippen molar-refractivity contribution in [2.45, 2.75) is 6.18 Å². The molecule has 0 aliphatic heterocycles. The number of hydrogen-bond donors (Lipinski definition) is 3. The molecule has 2 aromatic carbocycles. The zero-order chi connectivity index (χ0) is 23.9. The second-order valence-electron chi connectivity index (χ2n) is 6.87. The molecule has 0 radical (unpaired) electrons. The number of para-hydroxylation sites is 1. The normalized spacial score (nSPS) is 11.5. The first-order chi connectivity index (χ1) is 15.6. The molecule has 1 amide bonds. The number of nitrogens with one attached hydrogen (secondary N) is 3. The molecule has 0 atom stereocenters. The predicted octanol–water partition coefficient (Wildman–Crippen LogP) is 4.15. The van der Waals surface area contributed by atoms with Gasteiger partial charge in [-0.25, -0.2) is 8.96 Å². The highest BCUT2D eigenvalue weighted by atomic mass is 32.1. The number of amides is 1. The number of H-pyrrole nitrogens is 2. The van der Waals surface area contributed by atoms with Crippen molar-refractivity contribution in [1.82, 2.24) is 14.5 Å². The Morgan fingerprint density at radius 1 is 1.06 bits per heavy atom. The van der Waals surface area contributed by atoms with Crippen LogP contribution in [0.1, 0.15) is 15.9 Å². The Bertz CT molecular complexity index is 1590. The van der Waals surface area contributed by atoms with E-state index < -0.39 is 40.3 Å². The number of alkyl halides is 3. The standard InChI is InChI=1S/C21H12F4N4O3S/c22-13-3-1-2-4-16(13)29-19(32)12-6-5-10(7-14(12)28-20(29)33)17(30)27-15-8-11(21(23,24)25)9-26-18(15)31/h1-9H,(H,26,31)(H,27,30)(H,28,33). The van der Waals surface area contributed by atoms with E-state index in [-0.39, 0.29) is 26.9 Å². The van der Waals surface area contributed by atoms with Crippen LogP contribution in [0.4, 0.5) is 23.2 Å². The van der Waals surface area contributed by atoms with Gasteiger partial charge in [0.15, 0.2) is 4.77 Å². The van der Waals surface area contributed by atoms with Crippen molar-refractivity contribution >= 4 is 34.7 Å². The molecule has 3 N–H and O–H groups in total. The van der Waals surface area contributed by atoms with Crippen LogP contribution in [0.15, 0.2) is 64.3 Å². The molecule has 0 saturated carbocycles. The van der Waals surface area contributed by atoms with Crippen molar-refractivity contribution in [3.63, 3.8) is 0 Å². The SMILES string of the molecule is O=C(Nc1cc(C(F)(F)F)c[nH]c1=O)c1ccc2c(=O)n(-c3ccccc3F)c(=S)[nH]c2c1. The second kappa shape index (κ2) is 8.13. The number of hydrogen-bond acceptors (Lipinski definition) is 4. The predicted molar refractivity (Wildman–Crippen MR) is 115 cm³/mol. The lowest BCUT2D eigenvalue weighted by Gasteiger charge is -2.11. The van der Waals surface area contributed by atoms with Crippen LogP contribution in [0.25, 0.3) is 16.6 Å². The van der Waals surface area contributed by atoms with Crippen LogP contribution >= 0.6 is 12.2 Å². The second-order valence-corrected chi connectivity index (χ2v) is 7.25. The van der Waals surface area contributed by atoms with Gasteiger partial charge in [0.1, 0.15) is 11.5 Å². The molecular formula is C21H12F4N4O3S. The fourth-order valence-electron chi connectivity index (χ4n) is 3.15. The number of halogens is 4. The van der Waals surface area contributed by atoms with E-state index in [0.717, 1.165) is 4.57 Å². The van der Waals surface area contributed by atoms with Gasteiger partial charge < -0.3 is 15.3 Å². The van der Waals surface area contributed by atoms with E-state index in [9.17, 15) is 31.9 Å². The summed E-state index contributed by atoms with van der Waals surface area (Å²) in [7, 11) is 0. The topological polar surface area (TPSA) is 99.8 Å². The first-order valence-corrected chi connectivity index (χ1v) is 9.62. The van der Waals surface area contributed by atoms with Gasteiger partial charge in [0, 0.05) is 11.8 Å². The minimum atomic E-state index is -4.72. The molecule has 2 heterocycles. The maximum Gasteiger partial charge on any atom is 0.417 e. The molecule has 4 aromatic rings. The van der Waals surface area contributed by atoms with Gasteiger partial charge in [0.2, 0.25) is 0 Å². The Morgan fingerprint density at radius 2 is 1.79 bits per heavy atom. The van der Waals surface area contributed by atoms with Crippen LogP contribution < -0.4 is 16.4 Å². The number of pyridine rings is 1. The van der Waals surface area contributed by atoms with E-state index >= 15 is 0 Å². The Labute approximate surface area is 186 Å². The number of aromatic amines is 2. The molecular weight excluding hydrogens is 464 g/mol. The molecule has 12 heteroatoms. The molecule has 0 unspecified atom stereocenters. The number of benzene rings is 2. The molecule has 0 spiro atoms. The zero-order valence-electron chi connectivity index (χ0n) is 16.3. The Kier molecular flexibility index (Phi) is 5.46. The minimum absolute atomic E-state index is 0.0590. The van der Waals surface area contributed by atoms with Crippen molar-refractivity contribution in [3.8, 4) is 5.69 Å². The third-order valence-corrected chi connectivity index (χ3v) is 5.02. The van der Waals surface area contributed by atoms with E-state index in [0.29, 0.717) is 12.3 Å². The molecule has 0 aliphatic carbocycles. The summed E-state index contributed by atoms with van der Waals surface area (Å²) in [6, 6.07) is 9.82. The van der Waals surface area contributed by atoms with Crippen LogP contribution in [0, 0.1) is 10.6 Å². The first-order valence-electron chi connectivity index (χ1n) is 9.21. The van der Waals surface area contributed by atoms with Gasteiger partial charge in [-0.1, -0.05) is 12.1 Å². The maximum atomic E-state index is 14.2. The van der Waals surface area contributed by atoms with Gasteiger partial charge in [-0.2, -0.15) is 13.2 Å². The number of anilines is 1. The zero-order valence-corrected chi connectivity index (χ0v) is 17.1. The number of carbonyl (C=O) groups excluding carboxylic acids is 1. The molecule has 0 aliphatic rings. The molecule has 0 fully saturated rings. The molecule has 4 rings (SSSR count). The van der Waals surface area contributed by atoms with Gasteiger partial charge in [-0.05, 0) is 48.6 Å². The molecule has 7 nitrogen and oxygen atoms in total. The highest BCUT2D eigenvalue weighted by Gasteiger charge is 2.31. The highest BCUT2D eigenvalue weighted by molar-refractivity contribution is 7.71. The largest absolute Gasteiger partial charge is 0.417 e. The highest BCUT2D eigenvalue weighted by Crippen LogP contribution is 2.29. The van der Waals surface area contributed by atoms with E-state index in [2.05, 4.69) is 10.3 Å². The number of rotatable bonds is 3. The van der Waals surface area contributed by atoms with Gasteiger partial charge in [-0.15, -0.1) is 0 Å². The van der Waals surface area contributed by atoms with Gasteiger partial charge in [-0.3, -0.25) is 14.4 Å². The Hall–Kier alpha value is -4.06. The third-order valence-electron chi connectivity index (χ3n) is 4.73. The summed E-state index contributed by atoms with van der Waals surface area (Å²) >= 11 is 5.18. The van der Waals surface area contributed by atoms with Crippen LogP contribution in [0.2, 0.25) is 0 Å². The fraction of sp³-hybridized carbons (Fsp3) is 0.0476. The van der Waals surface area contributed by atoms with E-state index in [1.807, 2.05) is 4.98 Å². The van der Waals surface area contributed by atoms with Crippen molar-refractivity contribution < 1.29 is 22.4 Å². The Morgan fingerprint density at radius 3 is 2.48 bits per heavy atom. The minimum Gasteiger partial charge on any atom is -0.331 e. The average Bonchev–Trinajstić information content (AvgIpc) is 2.75. The first kappa shape index (κ1) is 22.1. The molecule has 2 aromatic heterocycles. The summed E-state index contributed by atoms with van der Waals surface area (Å²) in [4.78, 5) is 42.0. The van der Waals surface area contributed by atoms with Crippen LogP contribution in [0.5, 0.6) is 0 Å². The summed E-state index contributed by atoms with van der Waals surface area (Å²) in [5.41, 5.74) is -3.29. The third kappa shape index (κ3) is 4.20. The fourth-order valence-corrected chi connectivity index (χ4v) is 3.44. The average molecular weight is 476 g/mol. The summed E-state index contributed by atoms with van der Waals surface area (Å²) < 4.78 is 53.7. The van der Waals surface area contributed by atoms with Crippen molar-refractivity contribution in [3.05, 3.63) is 97.2 Å². The van der Waals surface area contributed by atoms with Crippen molar-refractivity contribution in [1.29, 1.82) is 0 Å². The number of nitrogens with zero attached hydrogens (tertiary/aromatic N) is 1. The van der Waals surface area contributed by atoms with Gasteiger partial charge in [0.05, 0.1) is 22.2 Å². The van der Waals surface area contributed by atoms with Crippen LogP contribution in [-0.4, -0.2) is 20.4 Å². The van der Waals surface area contributed by atoms with Crippen LogP contribution in [0.3, 0.4) is 0 Å². The molecule has 168 valence electrons. The quantitative estimate of drug-likeness (QED) is 0.306. The maximum absolute atomic E-state index is 14.2. The smallest absolute Gasteiger partial charge is 0.331 e. The van der Waals surface area contributed by atoms with Crippen LogP contribution in [-0.2, 0) is 6.18 Å². The van der Waals surface area contributed by atoms with E-state index in [4.69, 9.17) is 12.2 Å². The molecule has 0 bridgehead atoms. The van der Waals surface area contributed by atoms with Gasteiger partial charge in [0.25, 0.3) is 17.0 Å².